The minimum absolute atomic E-state index is 0.0799. The molecule has 1 aromatic carbocycles. The fraction of sp³-hybridized carbons (Fsp3) is 0.357. The second-order valence-electron chi connectivity index (χ2n) is 3.86. The van der Waals surface area contributed by atoms with Gasteiger partial charge < -0.3 is 9.64 Å². The topological polar surface area (TPSA) is 29.5 Å². The van der Waals surface area contributed by atoms with Crippen LogP contribution in [0.3, 0.4) is 0 Å². The lowest BCUT2D eigenvalue weighted by molar-refractivity contribution is 0.0766. The van der Waals surface area contributed by atoms with Crippen LogP contribution in [-0.2, 0) is 0 Å². The molecule has 104 valence electrons. The second kappa shape index (κ2) is 6.87. The van der Waals surface area contributed by atoms with Crippen LogP contribution in [0.25, 0.3) is 0 Å². The Morgan fingerprint density at radius 3 is 2.68 bits per heavy atom. The van der Waals surface area contributed by atoms with E-state index >= 15 is 0 Å². The average molecular weight is 269 g/mol. The molecule has 0 N–H and O–H groups in total. The van der Waals surface area contributed by atoms with E-state index in [0.717, 1.165) is 0 Å². The summed E-state index contributed by atoms with van der Waals surface area (Å²) in [6, 6.07) is 4.18. The number of carbonyl (C=O) groups is 1. The monoisotopic (exact) mass is 269 g/mol. The third kappa shape index (κ3) is 3.30. The van der Waals surface area contributed by atoms with Gasteiger partial charge in [-0.15, -0.1) is 6.58 Å². The van der Waals surface area contributed by atoms with E-state index in [9.17, 15) is 13.6 Å². The third-order valence-electron chi connectivity index (χ3n) is 2.75. The van der Waals surface area contributed by atoms with Crippen molar-refractivity contribution in [1.82, 2.24) is 4.90 Å². The first-order valence-corrected chi connectivity index (χ1v) is 5.92. The molecule has 0 heterocycles. The summed E-state index contributed by atoms with van der Waals surface area (Å²) >= 11 is 0. The zero-order chi connectivity index (χ0) is 14.4. The molecule has 19 heavy (non-hydrogen) atoms. The van der Waals surface area contributed by atoms with Crippen molar-refractivity contribution in [2.75, 3.05) is 20.2 Å². The van der Waals surface area contributed by atoms with Gasteiger partial charge in [-0.2, -0.15) is 0 Å². The predicted octanol–water partition coefficient (Wildman–Crippen LogP) is 3.28. The summed E-state index contributed by atoms with van der Waals surface area (Å²) in [5.74, 6) is -0.319. The van der Waals surface area contributed by atoms with Crippen LogP contribution in [-0.4, -0.2) is 31.0 Å². The van der Waals surface area contributed by atoms with E-state index in [2.05, 4.69) is 6.58 Å². The Morgan fingerprint density at radius 2 is 2.21 bits per heavy atom. The molecular weight excluding hydrogens is 252 g/mol. The molecule has 0 aliphatic heterocycles. The number of likely N-dealkylation sites (N-methyl/N-ethyl adjacent to an activating group) is 1. The quantitative estimate of drug-likeness (QED) is 0.742. The van der Waals surface area contributed by atoms with Crippen LogP contribution < -0.4 is 4.74 Å². The van der Waals surface area contributed by atoms with Crippen LogP contribution in [0.15, 0.2) is 30.9 Å². The van der Waals surface area contributed by atoms with Crippen LogP contribution in [0, 0.1) is 0 Å². The first kappa shape index (κ1) is 15.1. The lowest BCUT2D eigenvalue weighted by Crippen LogP contribution is -2.32. The van der Waals surface area contributed by atoms with E-state index in [0.29, 0.717) is 13.1 Å². The van der Waals surface area contributed by atoms with Gasteiger partial charge in [0.25, 0.3) is 12.3 Å². The molecule has 0 atom stereocenters. The van der Waals surface area contributed by atoms with Gasteiger partial charge in [0.1, 0.15) is 5.75 Å². The molecule has 0 bridgehead atoms. The van der Waals surface area contributed by atoms with Crippen molar-refractivity contribution in [2.24, 2.45) is 0 Å². The van der Waals surface area contributed by atoms with Crippen LogP contribution in [0.5, 0.6) is 5.75 Å². The largest absolute Gasteiger partial charge is 0.496 e. The zero-order valence-electron chi connectivity index (χ0n) is 11.0. The Labute approximate surface area is 111 Å². The summed E-state index contributed by atoms with van der Waals surface area (Å²) in [6.45, 7) is 6.04. The smallest absolute Gasteiger partial charge is 0.264 e. The highest BCUT2D eigenvalue weighted by atomic mass is 19.3. The first-order valence-electron chi connectivity index (χ1n) is 5.92. The molecular formula is C14H17F2NO2. The van der Waals surface area contributed by atoms with E-state index in [1.807, 2.05) is 0 Å². The molecule has 0 aliphatic carbocycles. The van der Waals surface area contributed by atoms with Crippen molar-refractivity contribution in [1.29, 1.82) is 0 Å². The van der Waals surface area contributed by atoms with Crippen molar-refractivity contribution < 1.29 is 18.3 Å². The lowest BCUT2D eigenvalue weighted by Gasteiger charge is -2.22. The molecule has 0 unspecified atom stereocenters. The number of amides is 1. The van der Waals surface area contributed by atoms with Gasteiger partial charge >= 0.3 is 0 Å². The molecule has 1 rings (SSSR count). The Hall–Kier alpha value is -1.91. The van der Waals surface area contributed by atoms with Crippen LogP contribution in [0.2, 0.25) is 0 Å². The van der Waals surface area contributed by atoms with Gasteiger partial charge in [-0.25, -0.2) is 8.78 Å². The molecule has 1 amide bonds. The minimum atomic E-state index is -2.73. The van der Waals surface area contributed by atoms with Gasteiger partial charge in [0.05, 0.1) is 12.7 Å². The van der Waals surface area contributed by atoms with E-state index < -0.39 is 12.3 Å². The van der Waals surface area contributed by atoms with Gasteiger partial charge in [0, 0.05) is 18.7 Å². The molecule has 0 saturated heterocycles. The van der Waals surface area contributed by atoms with Crippen LogP contribution in [0.1, 0.15) is 29.3 Å². The van der Waals surface area contributed by atoms with E-state index in [1.54, 1.807) is 13.0 Å². The number of nitrogens with zero attached hydrogens (tertiary/aromatic N) is 1. The molecule has 0 radical (unpaired) electrons. The molecule has 0 saturated carbocycles. The molecule has 0 aliphatic rings. The van der Waals surface area contributed by atoms with E-state index in [4.69, 9.17) is 4.74 Å². The minimum Gasteiger partial charge on any atom is -0.496 e. The number of rotatable bonds is 6. The highest BCUT2D eigenvalue weighted by Gasteiger charge is 2.25. The van der Waals surface area contributed by atoms with Crippen LogP contribution >= 0.6 is 0 Å². The Balaban J connectivity index is 3.29. The maximum absolute atomic E-state index is 13.0. The molecule has 3 nitrogen and oxygen atoms in total. The SMILES string of the molecule is C=CCN(CC)C(=O)c1c(OC)cccc1C(F)F. The number of ether oxygens (including phenoxy) is 1. The predicted molar refractivity (Wildman–Crippen MR) is 69.7 cm³/mol. The van der Waals surface area contributed by atoms with Crippen LogP contribution in [0.4, 0.5) is 8.78 Å². The van der Waals surface area contributed by atoms with Gasteiger partial charge in [0.15, 0.2) is 0 Å². The number of hydrogen-bond donors (Lipinski definition) is 0. The maximum atomic E-state index is 13.0. The number of benzene rings is 1. The number of carbonyl (C=O) groups excluding carboxylic acids is 1. The number of alkyl halides is 2. The van der Waals surface area contributed by atoms with Gasteiger partial charge in [-0.1, -0.05) is 18.2 Å². The lowest BCUT2D eigenvalue weighted by atomic mass is 10.0. The Kier molecular flexibility index (Phi) is 5.48. The van der Waals surface area contributed by atoms with Gasteiger partial charge in [-0.05, 0) is 13.0 Å². The summed E-state index contributed by atoms with van der Waals surface area (Å²) < 4.78 is 31.0. The summed E-state index contributed by atoms with van der Waals surface area (Å²) in [4.78, 5) is 13.8. The Morgan fingerprint density at radius 1 is 1.53 bits per heavy atom. The number of halogens is 2. The van der Waals surface area contributed by atoms with Crippen molar-refractivity contribution in [2.45, 2.75) is 13.3 Å². The Bertz CT molecular complexity index is 461. The normalized spacial score (nSPS) is 10.4. The van der Waals surface area contributed by atoms with Crippen molar-refractivity contribution in [3.05, 3.63) is 42.0 Å². The first-order chi connectivity index (χ1) is 9.06. The maximum Gasteiger partial charge on any atom is 0.264 e. The molecule has 0 spiro atoms. The second-order valence-corrected chi connectivity index (χ2v) is 3.86. The summed E-state index contributed by atoms with van der Waals surface area (Å²) in [5.41, 5.74) is -0.393. The summed E-state index contributed by atoms with van der Waals surface area (Å²) in [6.07, 6.45) is -1.17. The number of hydrogen-bond acceptors (Lipinski definition) is 2. The highest BCUT2D eigenvalue weighted by molar-refractivity contribution is 5.98. The molecule has 0 fully saturated rings. The average Bonchev–Trinajstić information content (AvgIpc) is 2.42. The van der Waals surface area contributed by atoms with E-state index in [1.165, 1.54) is 30.2 Å². The zero-order valence-corrected chi connectivity index (χ0v) is 11.0. The fourth-order valence-corrected chi connectivity index (χ4v) is 1.80. The number of methoxy groups -OCH3 is 1. The summed E-state index contributed by atoms with van der Waals surface area (Å²) in [7, 11) is 1.35. The van der Waals surface area contributed by atoms with Crippen molar-refractivity contribution in [3.8, 4) is 5.75 Å². The fourth-order valence-electron chi connectivity index (χ4n) is 1.80. The highest BCUT2D eigenvalue weighted by Crippen LogP contribution is 2.30. The third-order valence-corrected chi connectivity index (χ3v) is 2.75. The van der Waals surface area contributed by atoms with Gasteiger partial charge in [-0.3, -0.25) is 4.79 Å². The van der Waals surface area contributed by atoms with Crippen molar-refractivity contribution >= 4 is 5.91 Å². The van der Waals surface area contributed by atoms with Gasteiger partial charge in [0.2, 0.25) is 0 Å². The standard InChI is InChI=1S/C14H17F2NO2/c1-4-9-17(5-2)14(18)12-10(13(15)16)7-6-8-11(12)19-3/h4,6-8,13H,1,5,9H2,2-3H3. The molecule has 1 aromatic rings. The van der Waals surface area contributed by atoms with E-state index in [-0.39, 0.29) is 16.9 Å². The molecule has 5 heteroatoms. The molecule has 0 aromatic heterocycles. The summed E-state index contributed by atoms with van der Waals surface area (Å²) in [5, 5.41) is 0. The van der Waals surface area contributed by atoms with Crippen molar-refractivity contribution in [3.63, 3.8) is 0 Å².